The zero-order valence-electron chi connectivity index (χ0n) is 8.95. The van der Waals surface area contributed by atoms with Crippen LogP contribution in [-0.4, -0.2) is 29.4 Å². The van der Waals surface area contributed by atoms with Gasteiger partial charge in [0.15, 0.2) is 0 Å². The van der Waals surface area contributed by atoms with Crippen molar-refractivity contribution in [3.8, 4) is 0 Å². The molecule has 0 aliphatic carbocycles. The van der Waals surface area contributed by atoms with Crippen LogP contribution in [0.3, 0.4) is 0 Å². The standard InChI is InChI=1S/C12H14N2O/c1-3-14(2)12(15)10-8-13-11-7-5-4-6-9(10)11/h4-8,13H,3H2,1-2H3. The number of amides is 1. The number of aromatic amines is 1. The molecule has 15 heavy (non-hydrogen) atoms. The van der Waals surface area contributed by atoms with Crippen molar-refractivity contribution in [2.24, 2.45) is 0 Å². The first-order valence-corrected chi connectivity index (χ1v) is 5.05. The minimum atomic E-state index is 0.0648. The molecule has 0 atom stereocenters. The van der Waals surface area contributed by atoms with E-state index in [-0.39, 0.29) is 5.91 Å². The molecule has 0 spiro atoms. The van der Waals surface area contributed by atoms with E-state index in [2.05, 4.69) is 4.98 Å². The largest absolute Gasteiger partial charge is 0.360 e. The number of carbonyl (C=O) groups excluding carboxylic acids is 1. The molecule has 0 radical (unpaired) electrons. The smallest absolute Gasteiger partial charge is 0.255 e. The van der Waals surface area contributed by atoms with Crippen molar-refractivity contribution >= 4 is 16.8 Å². The van der Waals surface area contributed by atoms with Crippen molar-refractivity contribution in [1.29, 1.82) is 0 Å². The molecule has 1 heterocycles. The highest BCUT2D eigenvalue weighted by molar-refractivity contribution is 6.06. The molecule has 2 rings (SSSR count). The van der Waals surface area contributed by atoms with Crippen molar-refractivity contribution < 1.29 is 4.79 Å². The third-order valence-corrected chi connectivity index (χ3v) is 2.64. The number of aromatic nitrogens is 1. The molecule has 0 unspecified atom stereocenters. The maximum absolute atomic E-state index is 12.0. The van der Waals surface area contributed by atoms with Crippen molar-refractivity contribution in [3.05, 3.63) is 36.0 Å². The topological polar surface area (TPSA) is 36.1 Å². The van der Waals surface area contributed by atoms with E-state index < -0.39 is 0 Å². The summed E-state index contributed by atoms with van der Waals surface area (Å²) in [7, 11) is 1.81. The molecule has 0 aliphatic rings. The summed E-state index contributed by atoms with van der Waals surface area (Å²) in [6, 6.07) is 7.83. The lowest BCUT2D eigenvalue weighted by Gasteiger charge is -2.13. The van der Waals surface area contributed by atoms with E-state index in [1.165, 1.54) is 0 Å². The molecule has 2 aromatic rings. The summed E-state index contributed by atoms with van der Waals surface area (Å²) in [5, 5.41) is 0.989. The molecule has 0 fully saturated rings. The van der Waals surface area contributed by atoms with Gasteiger partial charge in [-0.15, -0.1) is 0 Å². The van der Waals surface area contributed by atoms with Gasteiger partial charge in [-0.1, -0.05) is 18.2 Å². The van der Waals surface area contributed by atoms with Gasteiger partial charge in [0.1, 0.15) is 0 Å². The number of benzene rings is 1. The van der Waals surface area contributed by atoms with Crippen molar-refractivity contribution in [3.63, 3.8) is 0 Å². The van der Waals surface area contributed by atoms with E-state index in [0.717, 1.165) is 23.0 Å². The normalized spacial score (nSPS) is 10.5. The Morgan fingerprint density at radius 1 is 1.40 bits per heavy atom. The lowest BCUT2D eigenvalue weighted by molar-refractivity contribution is 0.0804. The lowest BCUT2D eigenvalue weighted by atomic mass is 10.1. The SMILES string of the molecule is CCN(C)C(=O)c1c[nH]c2ccccc12. The van der Waals surface area contributed by atoms with Gasteiger partial charge in [0.05, 0.1) is 5.56 Å². The second kappa shape index (κ2) is 3.77. The molecule has 0 aliphatic heterocycles. The summed E-state index contributed by atoms with van der Waals surface area (Å²) in [6.07, 6.45) is 1.78. The third kappa shape index (κ3) is 1.61. The molecule has 3 heteroatoms. The number of rotatable bonds is 2. The van der Waals surface area contributed by atoms with E-state index in [0.29, 0.717) is 0 Å². The molecule has 1 N–H and O–H groups in total. The maximum Gasteiger partial charge on any atom is 0.255 e. The fourth-order valence-corrected chi connectivity index (χ4v) is 1.60. The van der Waals surface area contributed by atoms with Crippen LogP contribution >= 0.6 is 0 Å². The van der Waals surface area contributed by atoms with E-state index in [1.54, 1.807) is 11.1 Å². The van der Waals surface area contributed by atoms with Gasteiger partial charge < -0.3 is 9.88 Å². The predicted octanol–water partition coefficient (Wildman–Crippen LogP) is 2.26. The van der Waals surface area contributed by atoms with Crippen LogP contribution in [0.1, 0.15) is 17.3 Å². The van der Waals surface area contributed by atoms with Crippen molar-refractivity contribution in [1.82, 2.24) is 9.88 Å². The Morgan fingerprint density at radius 3 is 2.87 bits per heavy atom. The average Bonchev–Trinajstić information content (AvgIpc) is 2.70. The van der Waals surface area contributed by atoms with Crippen LogP contribution in [0, 0.1) is 0 Å². The van der Waals surface area contributed by atoms with E-state index in [9.17, 15) is 4.79 Å². The molecule has 1 aromatic carbocycles. The van der Waals surface area contributed by atoms with Crippen molar-refractivity contribution in [2.75, 3.05) is 13.6 Å². The third-order valence-electron chi connectivity index (χ3n) is 2.64. The molecule has 0 bridgehead atoms. The number of para-hydroxylation sites is 1. The number of nitrogens with zero attached hydrogens (tertiary/aromatic N) is 1. The average molecular weight is 202 g/mol. The van der Waals surface area contributed by atoms with Gasteiger partial charge in [-0.2, -0.15) is 0 Å². The van der Waals surface area contributed by atoms with Gasteiger partial charge in [-0.3, -0.25) is 4.79 Å². The van der Waals surface area contributed by atoms with Gasteiger partial charge >= 0.3 is 0 Å². The first-order valence-electron chi connectivity index (χ1n) is 5.05. The highest BCUT2D eigenvalue weighted by Crippen LogP contribution is 2.18. The molecule has 0 saturated heterocycles. The first kappa shape index (κ1) is 9.77. The molecular formula is C12H14N2O. The first-order chi connectivity index (χ1) is 7.24. The van der Waals surface area contributed by atoms with E-state index >= 15 is 0 Å². The van der Waals surface area contributed by atoms with Crippen LogP contribution in [0.25, 0.3) is 10.9 Å². The number of hydrogen-bond acceptors (Lipinski definition) is 1. The van der Waals surface area contributed by atoms with Crippen molar-refractivity contribution in [2.45, 2.75) is 6.92 Å². The van der Waals surface area contributed by atoms with Crippen LogP contribution in [0.2, 0.25) is 0 Å². The van der Waals surface area contributed by atoms with Gasteiger partial charge in [0.25, 0.3) is 5.91 Å². The summed E-state index contributed by atoms with van der Waals surface area (Å²) in [5.74, 6) is 0.0648. The quantitative estimate of drug-likeness (QED) is 0.796. The molecule has 1 amide bonds. The summed E-state index contributed by atoms with van der Waals surface area (Å²) >= 11 is 0. The summed E-state index contributed by atoms with van der Waals surface area (Å²) in [4.78, 5) is 16.8. The van der Waals surface area contributed by atoms with Crippen LogP contribution in [0.15, 0.2) is 30.5 Å². The van der Waals surface area contributed by atoms with Crippen LogP contribution in [0.4, 0.5) is 0 Å². The Hall–Kier alpha value is -1.77. The highest BCUT2D eigenvalue weighted by atomic mass is 16.2. The second-order valence-electron chi connectivity index (χ2n) is 3.57. The Morgan fingerprint density at radius 2 is 2.13 bits per heavy atom. The van der Waals surface area contributed by atoms with Crippen LogP contribution in [-0.2, 0) is 0 Å². The van der Waals surface area contributed by atoms with Gasteiger partial charge in [0, 0.05) is 30.7 Å². The zero-order valence-corrected chi connectivity index (χ0v) is 8.95. The number of fused-ring (bicyclic) bond motifs is 1. The molecule has 3 nitrogen and oxygen atoms in total. The Labute approximate surface area is 88.7 Å². The maximum atomic E-state index is 12.0. The zero-order chi connectivity index (χ0) is 10.8. The summed E-state index contributed by atoms with van der Waals surface area (Å²) in [5.41, 5.74) is 1.75. The minimum Gasteiger partial charge on any atom is -0.360 e. The predicted molar refractivity (Wildman–Crippen MR) is 60.9 cm³/mol. The monoisotopic (exact) mass is 202 g/mol. The van der Waals surface area contributed by atoms with Gasteiger partial charge in [-0.05, 0) is 13.0 Å². The molecule has 78 valence electrons. The molecular weight excluding hydrogens is 188 g/mol. The number of carbonyl (C=O) groups is 1. The Balaban J connectivity index is 2.48. The Bertz CT molecular complexity index is 487. The van der Waals surface area contributed by atoms with E-state index in [4.69, 9.17) is 0 Å². The molecule has 1 aromatic heterocycles. The number of nitrogens with one attached hydrogen (secondary N) is 1. The summed E-state index contributed by atoms with van der Waals surface area (Å²) in [6.45, 7) is 2.69. The number of H-pyrrole nitrogens is 1. The summed E-state index contributed by atoms with van der Waals surface area (Å²) < 4.78 is 0. The fourth-order valence-electron chi connectivity index (χ4n) is 1.60. The number of hydrogen-bond donors (Lipinski definition) is 1. The van der Waals surface area contributed by atoms with Crippen LogP contribution in [0.5, 0.6) is 0 Å². The highest BCUT2D eigenvalue weighted by Gasteiger charge is 2.14. The van der Waals surface area contributed by atoms with Gasteiger partial charge in [0.2, 0.25) is 0 Å². The lowest BCUT2D eigenvalue weighted by Crippen LogP contribution is -2.25. The van der Waals surface area contributed by atoms with Gasteiger partial charge in [-0.25, -0.2) is 0 Å². The second-order valence-corrected chi connectivity index (χ2v) is 3.57. The van der Waals surface area contributed by atoms with Crippen LogP contribution < -0.4 is 0 Å². The molecule has 0 saturated carbocycles. The van der Waals surface area contributed by atoms with E-state index in [1.807, 2.05) is 38.2 Å². The Kier molecular flexibility index (Phi) is 2.46. The fraction of sp³-hybridized carbons (Fsp3) is 0.250. The minimum absolute atomic E-state index is 0.0648.